The molecule has 2 N–H and O–H groups in total. The Hall–Kier alpha value is -2.42. The topological polar surface area (TPSA) is 84.7 Å². The van der Waals surface area contributed by atoms with Gasteiger partial charge in [-0.15, -0.1) is 12.4 Å². The minimum Gasteiger partial charge on any atom is -0.326 e. The quantitative estimate of drug-likeness (QED) is 0.605. The van der Waals surface area contributed by atoms with Crippen molar-refractivity contribution in [1.82, 2.24) is 25.1 Å². The Morgan fingerprint density at radius 3 is 2.76 bits per heavy atom. The summed E-state index contributed by atoms with van der Waals surface area (Å²) in [6, 6.07) is 7.77. The number of halogens is 1. The van der Waals surface area contributed by atoms with Crippen molar-refractivity contribution >= 4 is 35.8 Å². The van der Waals surface area contributed by atoms with Crippen LogP contribution in [0.1, 0.15) is 17.0 Å². The molecule has 1 aromatic carbocycles. The maximum absolute atomic E-state index is 12.9. The van der Waals surface area contributed by atoms with Crippen LogP contribution in [0.5, 0.6) is 0 Å². The summed E-state index contributed by atoms with van der Waals surface area (Å²) in [6.07, 6.45) is 7.29. The standard InChI is InChI=1S/C20H22N6OS.ClH/c1-13-8-15(28-20-22-6-3-7-23-20)4-5-18(13)25-19(27)17-11-21-10-16(17)14-9-24-26(2)12-14;/h3-9,12,16-17,21H,10-11H2,1-2H3,(H,25,27);1H/t16-,17+;/m1./s1. The molecule has 2 atom stereocenters. The molecule has 0 spiro atoms. The van der Waals surface area contributed by atoms with Crippen LogP contribution >= 0.6 is 24.2 Å². The molecule has 152 valence electrons. The Balaban J connectivity index is 0.00000240. The van der Waals surface area contributed by atoms with Gasteiger partial charge in [0.15, 0.2) is 5.16 Å². The van der Waals surface area contributed by atoms with E-state index in [2.05, 4.69) is 25.7 Å². The zero-order valence-corrected chi connectivity index (χ0v) is 17.8. The molecule has 0 saturated carbocycles. The number of benzene rings is 1. The van der Waals surface area contributed by atoms with Gasteiger partial charge in [-0.2, -0.15) is 5.10 Å². The van der Waals surface area contributed by atoms with Crippen molar-refractivity contribution < 1.29 is 4.79 Å². The van der Waals surface area contributed by atoms with Crippen LogP contribution in [-0.2, 0) is 11.8 Å². The molecule has 7 nitrogen and oxygen atoms in total. The molecule has 1 saturated heterocycles. The lowest BCUT2D eigenvalue weighted by atomic mass is 9.90. The van der Waals surface area contributed by atoms with Gasteiger partial charge in [0, 0.05) is 55.2 Å². The maximum Gasteiger partial charge on any atom is 0.229 e. The van der Waals surface area contributed by atoms with Gasteiger partial charge in [0.1, 0.15) is 0 Å². The maximum atomic E-state index is 12.9. The van der Waals surface area contributed by atoms with Gasteiger partial charge in [-0.1, -0.05) is 0 Å². The van der Waals surface area contributed by atoms with Crippen molar-refractivity contribution in [3.63, 3.8) is 0 Å². The van der Waals surface area contributed by atoms with Crippen molar-refractivity contribution in [2.24, 2.45) is 13.0 Å². The molecule has 1 fully saturated rings. The summed E-state index contributed by atoms with van der Waals surface area (Å²) in [4.78, 5) is 22.4. The van der Waals surface area contributed by atoms with Crippen LogP contribution in [0.4, 0.5) is 5.69 Å². The van der Waals surface area contributed by atoms with Gasteiger partial charge in [0.25, 0.3) is 0 Å². The van der Waals surface area contributed by atoms with Gasteiger partial charge < -0.3 is 10.6 Å². The molecule has 0 radical (unpaired) electrons. The highest BCUT2D eigenvalue weighted by Crippen LogP contribution is 2.31. The highest BCUT2D eigenvalue weighted by molar-refractivity contribution is 7.99. The Labute approximate surface area is 180 Å². The molecular formula is C20H23ClN6OS. The number of aromatic nitrogens is 4. The predicted molar refractivity (Wildman–Crippen MR) is 116 cm³/mol. The first-order valence-corrected chi connectivity index (χ1v) is 9.97. The summed E-state index contributed by atoms with van der Waals surface area (Å²) in [5.74, 6) is 0.0585. The molecule has 2 aromatic heterocycles. The van der Waals surface area contributed by atoms with Crippen LogP contribution in [-0.4, -0.2) is 38.7 Å². The Bertz CT molecular complexity index is 980. The van der Waals surface area contributed by atoms with Crippen molar-refractivity contribution in [3.8, 4) is 0 Å². The smallest absolute Gasteiger partial charge is 0.229 e. The third kappa shape index (κ3) is 4.95. The van der Waals surface area contributed by atoms with Gasteiger partial charge in [-0.3, -0.25) is 9.48 Å². The van der Waals surface area contributed by atoms with Crippen molar-refractivity contribution in [2.75, 3.05) is 18.4 Å². The van der Waals surface area contributed by atoms with E-state index in [0.717, 1.165) is 28.3 Å². The lowest BCUT2D eigenvalue weighted by molar-refractivity contribution is -0.119. The van der Waals surface area contributed by atoms with Gasteiger partial charge in [0.2, 0.25) is 5.91 Å². The van der Waals surface area contributed by atoms with E-state index in [1.54, 1.807) is 23.1 Å². The van der Waals surface area contributed by atoms with E-state index < -0.39 is 0 Å². The summed E-state index contributed by atoms with van der Waals surface area (Å²) >= 11 is 1.50. The molecule has 3 aromatic rings. The fourth-order valence-corrected chi connectivity index (χ4v) is 4.25. The van der Waals surface area contributed by atoms with E-state index >= 15 is 0 Å². The number of aryl methyl sites for hydroxylation is 2. The van der Waals surface area contributed by atoms with Gasteiger partial charge in [-0.05, 0) is 54.1 Å². The van der Waals surface area contributed by atoms with E-state index in [-0.39, 0.29) is 30.2 Å². The second-order valence-corrected chi connectivity index (χ2v) is 7.96. The predicted octanol–water partition coefficient (Wildman–Crippen LogP) is 3.03. The molecule has 0 aliphatic carbocycles. The van der Waals surface area contributed by atoms with Crippen molar-refractivity contribution in [1.29, 1.82) is 0 Å². The molecule has 9 heteroatoms. The average Bonchev–Trinajstić information content (AvgIpc) is 3.33. The summed E-state index contributed by atoms with van der Waals surface area (Å²) in [7, 11) is 1.89. The molecule has 1 aliphatic heterocycles. The second-order valence-electron chi connectivity index (χ2n) is 6.92. The number of amides is 1. The summed E-state index contributed by atoms with van der Waals surface area (Å²) < 4.78 is 1.78. The fourth-order valence-electron chi connectivity index (χ4n) is 3.44. The van der Waals surface area contributed by atoms with Crippen LogP contribution in [0.25, 0.3) is 0 Å². The number of hydrogen-bond acceptors (Lipinski definition) is 6. The zero-order chi connectivity index (χ0) is 19.5. The number of hydrogen-bond donors (Lipinski definition) is 2. The number of anilines is 1. The first kappa shape index (κ1) is 21.3. The first-order chi connectivity index (χ1) is 13.6. The van der Waals surface area contributed by atoms with E-state index in [1.165, 1.54) is 11.8 Å². The first-order valence-electron chi connectivity index (χ1n) is 9.16. The number of carbonyl (C=O) groups is 1. The highest BCUT2D eigenvalue weighted by atomic mass is 35.5. The highest BCUT2D eigenvalue weighted by Gasteiger charge is 2.34. The van der Waals surface area contributed by atoms with Crippen LogP contribution in [0.15, 0.2) is 59.1 Å². The number of carbonyl (C=O) groups excluding carboxylic acids is 1. The van der Waals surface area contributed by atoms with Gasteiger partial charge in [0.05, 0.1) is 12.1 Å². The number of rotatable bonds is 5. The molecule has 1 amide bonds. The molecule has 0 unspecified atom stereocenters. The number of nitrogens with one attached hydrogen (secondary N) is 2. The Morgan fingerprint density at radius 2 is 2.07 bits per heavy atom. The van der Waals surface area contributed by atoms with E-state index in [4.69, 9.17) is 0 Å². The molecule has 1 aliphatic rings. The number of nitrogens with zero attached hydrogens (tertiary/aromatic N) is 4. The normalized spacial score (nSPS) is 18.3. The van der Waals surface area contributed by atoms with E-state index in [9.17, 15) is 4.79 Å². The molecule has 29 heavy (non-hydrogen) atoms. The Kier molecular flexibility index (Phi) is 6.89. The second kappa shape index (κ2) is 9.39. The summed E-state index contributed by atoms with van der Waals surface area (Å²) in [5.41, 5.74) is 2.94. The lowest BCUT2D eigenvalue weighted by Gasteiger charge is -2.18. The molecular weight excluding hydrogens is 408 g/mol. The SMILES string of the molecule is Cc1cc(Sc2ncccn2)ccc1NC(=O)[C@H]1CNC[C@@H]1c1cnn(C)c1.Cl. The van der Waals surface area contributed by atoms with Gasteiger partial charge in [-0.25, -0.2) is 9.97 Å². The zero-order valence-electron chi connectivity index (χ0n) is 16.2. The van der Waals surface area contributed by atoms with Crippen molar-refractivity contribution in [2.45, 2.75) is 22.9 Å². The summed E-state index contributed by atoms with van der Waals surface area (Å²) in [6.45, 7) is 3.45. The average molecular weight is 431 g/mol. The Morgan fingerprint density at radius 1 is 1.28 bits per heavy atom. The monoisotopic (exact) mass is 430 g/mol. The lowest BCUT2D eigenvalue weighted by Crippen LogP contribution is -2.28. The third-order valence-electron chi connectivity index (χ3n) is 4.91. The molecule has 4 rings (SSSR count). The van der Waals surface area contributed by atoms with Crippen LogP contribution in [0.2, 0.25) is 0 Å². The largest absolute Gasteiger partial charge is 0.326 e. The molecule has 0 bridgehead atoms. The minimum atomic E-state index is -0.115. The third-order valence-corrected chi connectivity index (χ3v) is 5.79. The van der Waals surface area contributed by atoms with E-state index in [1.807, 2.05) is 44.6 Å². The van der Waals surface area contributed by atoms with Crippen LogP contribution < -0.4 is 10.6 Å². The summed E-state index contributed by atoms with van der Waals surface area (Å²) in [5, 5.41) is 11.4. The van der Waals surface area contributed by atoms with E-state index in [0.29, 0.717) is 11.7 Å². The van der Waals surface area contributed by atoms with Crippen LogP contribution in [0, 0.1) is 12.8 Å². The molecule has 3 heterocycles. The minimum absolute atomic E-state index is 0. The fraction of sp³-hybridized carbons (Fsp3) is 0.300. The van der Waals surface area contributed by atoms with Crippen molar-refractivity contribution in [3.05, 3.63) is 60.2 Å². The van der Waals surface area contributed by atoms with Gasteiger partial charge >= 0.3 is 0 Å². The van der Waals surface area contributed by atoms with Crippen LogP contribution in [0.3, 0.4) is 0 Å².